The minimum atomic E-state index is 0.638. The number of hydrogen-bond donors (Lipinski definition) is 1. The molecule has 1 radical (unpaired) electrons. The molecule has 1 nitrogen and oxygen atoms in total. The zero-order valence-electron chi connectivity index (χ0n) is 9.62. The highest BCUT2D eigenvalue weighted by Crippen LogP contribution is 2.16. The predicted octanol–water partition coefficient (Wildman–Crippen LogP) is 4.05. The van der Waals surface area contributed by atoms with E-state index in [2.05, 4.69) is 36.8 Å². The van der Waals surface area contributed by atoms with Gasteiger partial charge in [0.05, 0.1) is 0 Å². The fourth-order valence-electron chi connectivity index (χ4n) is 1.55. The average Bonchev–Trinajstić information content (AvgIpc) is 2.28. The van der Waals surface area contributed by atoms with Crippen LogP contribution in [-0.2, 0) is 0 Å². The van der Waals surface area contributed by atoms with Crippen LogP contribution in [0.25, 0.3) is 0 Å². The van der Waals surface area contributed by atoms with Crippen LogP contribution in [0.2, 0.25) is 0 Å². The summed E-state index contributed by atoms with van der Waals surface area (Å²) >= 11 is 1.70. The first-order chi connectivity index (χ1) is 7.36. The number of benzene rings is 1. The third-order valence-electron chi connectivity index (χ3n) is 2.29. The first-order valence-electron chi connectivity index (χ1n) is 5.75. The van der Waals surface area contributed by atoms with E-state index >= 15 is 0 Å². The molecule has 0 bridgehead atoms. The molecule has 1 aromatic rings. The van der Waals surface area contributed by atoms with E-state index in [1.54, 1.807) is 11.9 Å². The number of nitrogens with one attached hydrogen (secondary N) is 1. The fraction of sp³-hybridized carbons (Fsp3) is 0.538. The van der Waals surface area contributed by atoms with Gasteiger partial charge in [0.2, 0.25) is 0 Å². The van der Waals surface area contributed by atoms with Gasteiger partial charge in [-0.2, -0.15) is 0 Å². The molecule has 83 valence electrons. The normalized spacial score (nSPS) is 10.9. The Kier molecular flexibility index (Phi) is 6.53. The minimum absolute atomic E-state index is 0.638. The van der Waals surface area contributed by atoms with Crippen LogP contribution in [0.4, 0.5) is 0 Å². The van der Waals surface area contributed by atoms with Gasteiger partial charge in [0, 0.05) is 10.9 Å². The molecule has 0 aliphatic heterocycles. The van der Waals surface area contributed by atoms with Crippen LogP contribution in [0, 0.1) is 6.07 Å². The van der Waals surface area contributed by atoms with Gasteiger partial charge in [0.1, 0.15) is 0 Å². The number of rotatable bonds is 7. The van der Waals surface area contributed by atoms with Crippen molar-refractivity contribution in [2.45, 2.75) is 50.5 Å². The van der Waals surface area contributed by atoms with E-state index in [-0.39, 0.29) is 0 Å². The Bertz CT molecular complexity index is 242. The summed E-state index contributed by atoms with van der Waals surface area (Å²) in [5.74, 6) is 0. The Morgan fingerprint density at radius 2 is 2.00 bits per heavy atom. The third-order valence-corrected chi connectivity index (χ3v) is 3.22. The molecule has 0 atom stereocenters. The SMILES string of the molecule is CCCC(CCC)NSc1[c]cccc1. The zero-order valence-corrected chi connectivity index (χ0v) is 10.4. The van der Waals surface area contributed by atoms with Crippen molar-refractivity contribution in [3.63, 3.8) is 0 Å². The maximum Gasteiger partial charge on any atom is 0.0307 e. The van der Waals surface area contributed by atoms with E-state index in [1.807, 2.05) is 12.1 Å². The molecule has 0 spiro atoms. The second kappa shape index (κ2) is 7.77. The molecular formula is C13H20NS. The van der Waals surface area contributed by atoms with Gasteiger partial charge < -0.3 is 0 Å². The Balaban J connectivity index is 2.33. The van der Waals surface area contributed by atoms with Crippen molar-refractivity contribution < 1.29 is 0 Å². The van der Waals surface area contributed by atoms with Crippen molar-refractivity contribution >= 4 is 11.9 Å². The quantitative estimate of drug-likeness (QED) is 0.698. The molecule has 0 aliphatic rings. The predicted molar refractivity (Wildman–Crippen MR) is 67.9 cm³/mol. The Morgan fingerprint density at radius 3 is 2.53 bits per heavy atom. The van der Waals surface area contributed by atoms with Crippen molar-refractivity contribution in [3.8, 4) is 0 Å². The molecule has 1 N–H and O–H groups in total. The van der Waals surface area contributed by atoms with E-state index in [1.165, 1.54) is 30.6 Å². The summed E-state index contributed by atoms with van der Waals surface area (Å²) < 4.78 is 3.52. The van der Waals surface area contributed by atoms with Crippen molar-refractivity contribution in [1.29, 1.82) is 0 Å². The molecule has 15 heavy (non-hydrogen) atoms. The minimum Gasteiger partial charge on any atom is -0.257 e. The summed E-state index contributed by atoms with van der Waals surface area (Å²) in [5.41, 5.74) is 0. The maximum atomic E-state index is 3.52. The highest BCUT2D eigenvalue weighted by molar-refractivity contribution is 7.97. The molecule has 0 heterocycles. The molecule has 0 fully saturated rings. The van der Waals surface area contributed by atoms with Gasteiger partial charge in [-0.1, -0.05) is 44.9 Å². The summed E-state index contributed by atoms with van der Waals surface area (Å²) in [6.45, 7) is 4.48. The fourth-order valence-corrected chi connectivity index (χ4v) is 2.35. The van der Waals surface area contributed by atoms with Crippen molar-refractivity contribution in [2.75, 3.05) is 0 Å². The van der Waals surface area contributed by atoms with Crippen LogP contribution in [0.5, 0.6) is 0 Å². The summed E-state index contributed by atoms with van der Waals surface area (Å²) in [6.07, 6.45) is 5.01. The summed E-state index contributed by atoms with van der Waals surface area (Å²) in [5, 5.41) is 0. The molecule has 1 rings (SSSR count). The Morgan fingerprint density at radius 1 is 1.27 bits per heavy atom. The highest BCUT2D eigenvalue weighted by Gasteiger charge is 2.05. The molecule has 0 saturated heterocycles. The van der Waals surface area contributed by atoms with Gasteiger partial charge in [0.25, 0.3) is 0 Å². The monoisotopic (exact) mass is 222 g/mol. The average molecular weight is 222 g/mol. The molecule has 0 saturated carbocycles. The summed E-state index contributed by atoms with van der Waals surface area (Å²) in [6, 6.07) is 11.9. The van der Waals surface area contributed by atoms with E-state index < -0.39 is 0 Å². The smallest absolute Gasteiger partial charge is 0.0307 e. The van der Waals surface area contributed by atoms with Gasteiger partial charge in [0.15, 0.2) is 0 Å². The van der Waals surface area contributed by atoms with Crippen LogP contribution in [0.3, 0.4) is 0 Å². The molecule has 0 amide bonds. The lowest BCUT2D eigenvalue weighted by Crippen LogP contribution is -2.22. The Labute approximate surface area is 97.8 Å². The zero-order chi connectivity index (χ0) is 10.9. The van der Waals surface area contributed by atoms with E-state index in [4.69, 9.17) is 0 Å². The Hall–Kier alpha value is -0.470. The summed E-state index contributed by atoms with van der Waals surface area (Å²) in [4.78, 5) is 1.18. The van der Waals surface area contributed by atoms with Gasteiger partial charge in [-0.25, -0.2) is 0 Å². The van der Waals surface area contributed by atoms with E-state index in [9.17, 15) is 0 Å². The van der Waals surface area contributed by atoms with E-state index in [0.717, 1.165) is 0 Å². The first kappa shape index (κ1) is 12.6. The largest absolute Gasteiger partial charge is 0.257 e. The molecular weight excluding hydrogens is 202 g/mol. The van der Waals surface area contributed by atoms with Gasteiger partial charge in [-0.15, -0.1) is 0 Å². The number of hydrogen-bond acceptors (Lipinski definition) is 2. The highest BCUT2D eigenvalue weighted by atomic mass is 32.2. The topological polar surface area (TPSA) is 12.0 Å². The van der Waals surface area contributed by atoms with Gasteiger partial charge in [-0.3, -0.25) is 4.72 Å². The molecule has 0 aliphatic carbocycles. The maximum absolute atomic E-state index is 3.52. The van der Waals surface area contributed by atoms with Crippen LogP contribution >= 0.6 is 11.9 Å². The lowest BCUT2D eigenvalue weighted by molar-refractivity contribution is 0.525. The van der Waals surface area contributed by atoms with Gasteiger partial charge >= 0.3 is 0 Å². The van der Waals surface area contributed by atoms with Crippen LogP contribution in [0.15, 0.2) is 29.2 Å². The van der Waals surface area contributed by atoms with Crippen molar-refractivity contribution in [2.24, 2.45) is 0 Å². The molecule has 0 aromatic heterocycles. The van der Waals surface area contributed by atoms with Crippen LogP contribution in [0.1, 0.15) is 39.5 Å². The molecule has 2 heteroatoms. The van der Waals surface area contributed by atoms with Gasteiger partial charge in [-0.05, 0) is 36.9 Å². The van der Waals surface area contributed by atoms with Crippen molar-refractivity contribution in [3.05, 3.63) is 30.3 Å². The van der Waals surface area contributed by atoms with Crippen LogP contribution in [-0.4, -0.2) is 6.04 Å². The standard InChI is InChI=1S/C13H20NS/c1-3-8-12(9-4-2)14-15-13-10-6-5-7-11-13/h5-7,10,12,14H,3-4,8-9H2,1-2H3. The molecule has 0 unspecified atom stereocenters. The first-order valence-corrected chi connectivity index (χ1v) is 6.57. The van der Waals surface area contributed by atoms with E-state index in [0.29, 0.717) is 6.04 Å². The molecule has 1 aromatic carbocycles. The second-order valence-corrected chi connectivity index (χ2v) is 4.60. The lowest BCUT2D eigenvalue weighted by atomic mass is 10.1. The lowest BCUT2D eigenvalue weighted by Gasteiger charge is -2.16. The third kappa shape index (κ3) is 5.24. The second-order valence-electron chi connectivity index (χ2n) is 3.72. The summed E-state index contributed by atoms with van der Waals surface area (Å²) in [7, 11) is 0. The van der Waals surface area contributed by atoms with Crippen LogP contribution < -0.4 is 4.72 Å². The van der Waals surface area contributed by atoms with Crippen molar-refractivity contribution in [1.82, 2.24) is 4.72 Å².